The van der Waals surface area contributed by atoms with Gasteiger partial charge in [0.2, 0.25) is 41.4 Å². The summed E-state index contributed by atoms with van der Waals surface area (Å²) in [6.45, 7) is -0.107. The maximum absolute atomic E-state index is 13.8. The quantitative estimate of drug-likeness (QED) is 0.0262. The summed E-state index contributed by atoms with van der Waals surface area (Å²) in [5, 5.41) is 53.7. The van der Waals surface area contributed by atoms with Crippen molar-refractivity contribution in [3.8, 4) is 0 Å². The minimum atomic E-state index is -1.99. The number of unbranched alkanes of at least 4 members (excludes halogenated alkanes) is 3. The van der Waals surface area contributed by atoms with Crippen LogP contribution in [0.1, 0.15) is 83.5 Å². The second-order valence-corrected chi connectivity index (χ2v) is 15.5. The molecule has 0 aliphatic heterocycles. The molecule has 0 saturated heterocycles. The lowest BCUT2D eigenvalue weighted by Gasteiger charge is -2.27. The minimum Gasteiger partial charge on any atom is -0.481 e. The molecule has 19 N–H and O–H groups in total. The first-order valence-electron chi connectivity index (χ1n) is 20.5. The summed E-state index contributed by atoms with van der Waals surface area (Å²) in [5.41, 5.74) is 22.4. The van der Waals surface area contributed by atoms with E-state index in [1.54, 1.807) is 0 Å². The summed E-state index contributed by atoms with van der Waals surface area (Å²) in [6.07, 6.45) is 0.414. The van der Waals surface area contributed by atoms with Gasteiger partial charge in [0.15, 0.2) is 0 Å². The number of carbonyl (C=O) groups excluding carboxylic acids is 7. The topological polar surface area (TPSA) is 457 Å². The molecule has 0 bridgehead atoms. The molecule has 27 heteroatoms. The van der Waals surface area contributed by atoms with Crippen molar-refractivity contribution in [3.63, 3.8) is 0 Å². The first kappa shape index (κ1) is 58.4. The van der Waals surface area contributed by atoms with Gasteiger partial charge < -0.3 is 80.6 Å². The average Bonchev–Trinajstić information content (AvgIpc) is 3.22. The molecule has 0 heterocycles. The second kappa shape index (κ2) is 33.0. The highest BCUT2D eigenvalue weighted by atomic mass is 32.2. The van der Waals surface area contributed by atoms with Crippen molar-refractivity contribution in [1.82, 2.24) is 37.2 Å². The fourth-order valence-corrected chi connectivity index (χ4v) is 6.20. The molecular weight excluding hydrogens is 871 g/mol. The summed E-state index contributed by atoms with van der Waals surface area (Å²) in [5.74, 6) is -13.1. The average molecular weight is 936 g/mol. The van der Waals surface area contributed by atoms with Crippen LogP contribution in [-0.2, 0) is 52.7 Å². The van der Waals surface area contributed by atoms with Crippen molar-refractivity contribution in [2.45, 2.75) is 126 Å². The first-order chi connectivity index (χ1) is 30.2. The first-order valence-corrected chi connectivity index (χ1v) is 21.9. The van der Waals surface area contributed by atoms with E-state index >= 15 is 0 Å². The highest BCUT2D eigenvalue weighted by Gasteiger charge is 2.35. The van der Waals surface area contributed by atoms with Crippen LogP contribution in [0.25, 0.3) is 0 Å². The Hall–Kier alpha value is -5.64. The van der Waals surface area contributed by atoms with Crippen LogP contribution in [0.3, 0.4) is 0 Å². The van der Waals surface area contributed by atoms with Gasteiger partial charge in [-0.3, -0.25) is 47.9 Å². The summed E-state index contributed by atoms with van der Waals surface area (Å²) < 4.78 is 0. The van der Waals surface area contributed by atoms with E-state index in [0.717, 1.165) is 0 Å². The molecule has 0 aromatic rings. The van der Waals surface area contributed by atoms with Gasteiger partial charge in [0, 0.05) is 0 Å². The van der Waals surface area contributed by atoms with E-state index in [1.807, 2.05) is 6.26 Å². The van der Waals surface area contributed by atoms with Gasteiger partial charge in [0.25, 0.3) is 0 Å². The van der Waals surface area contributed by atoms with Gasteiger partial charge >= 0.3 is 23.9 Å². The fraction of sp³-hybridized carbons (Fsp3) is 0.703. The third-order valence-corrected chi connectivity index (χ3v) is 9.81. The predicted octanol–water partition coefficient (Wildman–Crippen LogP) is -5.01. The van der Waals surface area contributed by atoms with Gasteiger partial charge in [0.1, 0.15) is 36.3 Å². The molecule has 7 amide bonds. The van der Waals surface area contributed by atoms with Crippen LogP contribution in [0.5, 0.6) is 0 Å². The molecule has 0 saturated carbocycles. The van der Waals surface area contributed by atoms with E-state index < -0.39 is 133 Å². The SMILES string of the molecule is CSCC[C@H](N)C(=O)NCC(=O)N[C@@H](CC(=O)O)C(=O)N[C@@H](CCCCN)C(=O)N[C@@H](CCCCN)C(=O)N[C@@H](CC(=O)O)C(=O)N[C@@H](CC(=O)O)C(=O)N[C@@H](CCCCN)C(=O)O. The molecule has 0 unspecified atom stereocenters. The number of carboxylic acids is 4. The summed E-state index contributed by atoms with van der Waals surface area (Å²) in [4.78, 5) is 139. The van der Waals surface area contributed by atoms with Crippen molar-refractivity contribution < 1.29 is 73.2 Å². The van der Waals surface area contributed by atoms with Gasteiger partial charge in [-0.2, -0.15) is 11.8 Å². The van der Waals surface area contributed by atoms with Crippen LogP contribution in [0, 0.1) is 0 Å². The zero-order valence-electron chi connectivity index (χ0n) is 35.8. The molecule has 364 valence electrons. The smallest absolute Gasteiger partial charge is 0.326 e. The molecule has 7 atom stereocenters. The molecule has 0 radical (unpaired) electrons. The van der Waals surface area contributed by atoms with Gasteiger partial charge in [-0.1, -0.05) is 0 Å². The molecule has 0 aliphatic rings. The monoisotopic (exact) mass is 935 g/mol. The minimum absolute atomic E-state index is 0.0896. The highest BCUT2D eigenvalue weighted by molar-refractivity contribution is 7.98. The largest absolute Gasteiger partial charge is 0.481 e. The number of carbonyl (C=O) groups is 11. The normalized spacial score (nSPS) is 14.1. The lowest BCUT2D eigenvalue weighted by Crippen LogP contribution is -2.60. The number of hydrogen-bond acceptors (Lipinski definition) is 16. The van der Waals surface area contributed by atoms with E-state index in [9.17, 15) is 73.2 Å². The van der Waals surface area contributed by atoms with Crippen LogP contribution in [0.2, 0.25) is 0 Å². The third-order valence-electron chi connectivity index (χ3n) is 9.17. The van der Waals surface area contributed by atoms with Crippen LogP contribution in [0.15, 0.2) is 0 Å². The number of rotatable bonds is 36. The maximum atomic E-state index is 13.8. The number of amides is 7. The molecule has 0 fully saturated rings. The third kappa shape index (κ3) is 25.5. The van der Waals surface area contributed by atoms with E-state index in [2.05, 4.69) is 37.2 Å². The summed E-state index contributed by atoms with van der Waals surface area (Å²) >= 11 is 1.45. The molecule has 26 nitrogen and oxygen atoms in total. The number of hydrogen-bond donors (Lipinski definition) is 15. The molecular formula is C37H65N11O15S. The molecule has 0 rings (SSSR count). The lowest BCUT2D eigenvalue weighted by molar-refractivity contribution is -0.145. The van der Waals surface area contributed by atoms with Crippen LogP contribution < -0.4 is 60.2 Å². The molecule has 0 aliphatic carbocycles. The van der Waals surface area contributed by atoms with Gasteiger partial charge in [-0.15, -0.1) is 0 Å². The number of nitrogens with one attached hydrogen (secondary N) is 7. The van der Waals surface area contributed by atoms with E-state index in [-0.39, 0.29) is 58.2 Å². The van der Waals surface area contributed by atoms with Gasteiger partial charge in [-0.25, -0.2) is 4.79 Å². The number of nitrogens with two attached hydrogens (primary N) is 4. The highest BCUT2D eigenvalue weighted by Crippen LogP contribution is 2.09. The summed E-state index contributed by atoms with van der Waals surface area (Å²) in [6, 6.07) is -11.1. The van der Waals surface area contributed by atoms with Crippen LogP contribution >= 0.6 is 11.8 Å². The Balaban J connectivity index is 6.40. The van der Waals surface area contributed by atoms with E-state index in [1.165, 1.54) is 11.8 Å². The Bertz CT molecular complexity index is 1590. The standard InChI is InChI=1S/C37H65N11O15S/c1-64-15-11-20(41)31(56)42-19-27(49)43-24(16-28(50)51)34(59)45-21(8-2-5-12-38)32(57)44-22(9-3-6-13-39)33(58)47-26(18-30(54)55)36(61)48-25(17-29(52)53)35(60)46-23(37(62)63)10-4-7-14-40/h20-26H,2-19,38-41H2,1H3,(H,42,56)(H,43,49)(H,44,57)(H,45,59)(H,46,60)(H,47,58)(H,48,61)(H,50,51)(H,52,53)(H,54,55)(H,62,63)/t20-,21-,22-,23-,24-,25-,26-/m0/s1. The fourth-order valence-electron chi connectivity index (χ4n) is 5.71. The zero-order chi connectivity index (χ0) is 48.8. The number of carboxylic acid groups (broad SMARTS) is 4. The predicted molar refractivity (Wildman–Crippen MR) is 229 cm³/mol. The van der Waals surface area contributed by atoms with E-state index in [0.29, 0.717) is 31.4 Å². The molecule has 0 aromatic heterocycles. The zero-order valence-corrected chi connectivity index (χ0v) is 36.6. The van der Waals surface area contributed by atoms with Crippen LogP contribution in [-0.4, -0.2) is 166 Å². The number of aliphatic carboxylic acids is 4. The maximum Gasteiger partial charge on any atom is 0.326 e. The molecule has 64 heavy (non-hydrogen) atoms. The lowest BCUT2D eigenvalue weighted by atomic mass is 10.0. The Morgan fingerprint density at radius 2 is 0.781 bits per heavy atom. The Kier molecular flexibility index (Phi) is 30.0. The van der Waals surface area contributed by atoms with Crippen molar-refractivity contribution in [2.24, 2.45) is 22.9 Å². The van der Waals surface area contributed by atoms with Gasteiger partial charge in [-0.05, 0) is 95.9 Å². The Morgan fingerprint density at radius 1 is 0.453 bits per heavy atom. The van der Waals surface area contributed by atoms with Gasteiger partial charge in [0.05, 0.1) is 31.8 Å². The van der Waals surface area contributed by atoms with Crippen molar-refractivity contribution in [2.75, 3.05) is 38.2 Å². The Morgan fingerprint density at radius 3 is 1.12 bits per heavy atom. The number of thioether (sulfide) groups is 1. The molecule has 0 aromatic carbocycles. The van der Waals surface area contributed by atoms with Crippen molar-refractivity contribution in [3.05, 3.63) is 0 Å². The summed E-state index contributed by atoms with van der Waals surface area (Å²) in [7, 11) is 0. The Labute approximate surface area is 373 Å². The van der Waals surface area contributed by atoms with E-state index in [4.69, 9.17) is 22.9 Å². The van der Waals surface area contributed by atoms with Crippen molar-refractivity contribution >= 4 is 77.0 Å². The second-order valence-electron chi connectivity index (χ2n) is 14.5. The molecule has 0 spiro atoms. The van der Waals surface area contributed by atoms with Crippen molar-refractivity contribution in [1.29, 1.82) is 0 Å². The van der Waals surface area contributed by atoms with Crippen LogP contribution in [0.4, 0.5) is 0 Å².